The van der Waals surface area contributed by atoms with Gasteiger partial charge in [0, 0.05) is 28.2 Å². The Morgan fingerprint density at radius 3 is 2.44 bits per heavy atom. The molecule has 3 heterocycles. The van der Waals surface area contributed by atoms with Crippen molar-refractivity contribution in [3.05, 3.63) is 94.5 Å². The van der Waals surface area contributed by atoms with Gasteiger partial charge in [0.05, 0.1) is 16.4 Å². The van der Waals surface area contributed by atoms with Crippen LogP contribution in [0, 0.1) is 5.41 Å². The normalized spacial score (nSPS) is 26.7. The van der Waals surface area contributed by atoms with Gasteiger partial charge >= 0.3 is 0 Å². The van der Waals surface area contributed by atoms with Gasteiger partial charge in [0.2, 0.25) is 0 Å². The van der Waals surface area contributed by atoms with Crippen molar-refractivity contribution in [2.45, 2.75) is 25.3 Å². The van der Waals surface area contributed by atoms with Crippen LogP contribution in [0.1, 0.15) is 30.9 Å². The fraction of sp³-hybridized carbons (Fsp3) is 0.214. The smallest absolute Gasteiger partial charge is 0.267 e. The summed E-state index contributed by atoms with van der Waals surface area (Å²) in [5.41, 5.74) is 1.13. The van der Waals surface area contributed by atoms with E-state index in [2.05, 4.69) is 21.2 Å². The molecule has 0 radical (unpaired) electrons. The van der Waals surface area contributed by atoms with E-state index in [4.69, 9.17) is 17.3 Å². The summed E-state index contributed by atoms with van der Waals surface area (Å²) in [6, 6.07) is 24.9. The van der Waals surface area contributed by atoms with Crippen LogP contribution in [0.25, 0.3) is 0 Å². The zero-order valence-corrected chi connectivity index (χ0v) is 22.1. The molecule has 6 nitrogen and oxygen atoms in total. The highest BCUT2D eigenvalue weighted by Crippen LogP contribution is 2.61. The number of benzene rings is 3. The van der Waals surface area contributed by atoms with Crippen LogP contribution in [0.5, 0.6) is 0 Å². The molecule has 0 unspecified atom stereocenters. The summed E-state index contributed by atoms with van der Waals surface area (Å²) in [5.74, 6) is -1.02. The summed E-state index contributed by atoms with van der Waals surface area (Å²) >= 11 is 9.60. The lowest BCUT2D eigenvalue weighted by Gasteiger charge is -2.36. The Bertz CT molecular complexity index is 1480. The third-order valence-electron chi connectivity index (χ3n) is 7.59. The van der Waals surface area contributed by atoms with Crippen LogP contribution in [0.2, 0.25) is 0 Å². The maximum absolute atomic E-state index is 14.5. The molecule has 2 spiro atoms. The average Bonchev–Trinajstić information content (AvgIpc) is 3.41. The zero-order valence-electron chi connectivity index (χ0n) is 19.7. The molecule has 0 bridgehead atoms. The number of hydrazone groups is 1. The van der Waals surface area contributed by atoms with Crippen molar-refractivity contribution in [1.29, 1.82) is 0 Å². The van der Waals surface area contributed by atoms with Crippen LogP contribution in [-0.4, -0.2) is 29.1 Å². The van der Waals surface area contributed by atoms with Crippen molar-refractivity contribution in [3.63, 3.8) is 0 Å². The minimum atomic E-state index is -1.32. The molecule has 3 aliphatic rings. The topological polar surface area (TPSA) is 65.0 Å². The number of halogens is 1. The van der Waals surface area contributed by atoms with E-state index in [1.54, 1.807) is 4.90 Å². The van der Waals surface area contributed by atoms with Gasteiger partial charge < -0.3 is 10.2 Å². The Kier molecular flexibility index (Phi) is 5.18. The molecule has 3 atom stereocenters. The maximum atomic E-state index is 14.5. The van der Waals surface area contributed by atoms with E-state index in [0.717, 1.165) is 21.3 Å². The summed E-state index contributed by atoms with van der Waals surface area (Å²) in [5, 5.41) is 9.59. The highest BCUT2D eigenvalue weighted by molar-refractivity contribution is 9.10. The Morgan fingerprint density at radius 2 is 1.72 bits per heavy atom. The van der Waals surface area contributed by atoms with E-state index in [-0.39, 0.29) is 11.8 Å². The highest BCUT2D eigenvalue weighted by atomic mass is 79.9. The van der Waals surface area contributed by atoms with Crippen LogP contribution >= 0.6 is 28.1 Å². The van der Waals surface area contributed by atoms with Crippen LogP contribution in [0.3, 0.4) is 0 Å². The first-order valence-corrected chi connectivity index (χ1v) is 13.0. The third-order valence-corrected chi connectivity index (χ3v) is 8.50. The van der Waals surface area contributed by atoms with Crippen LogP contribution in [0.4, 0.5) is 11.4 Å². The number of nitrogens with zero attached hydrogens (tertiary/aromatic N) is 3. The molecule has 3 aliphatic heterocycles. The number of rotatable bonds is 3. The minimum Gasteiger partial charge on any atom is -0.360 e. The first-order chi connectivity index (χ1) is 17.4. The van der Waals surface area contributed by atoms with Gasteiger partial charge in [-0.3, -0.25) is 9.59 Å². The number of thiocarbonyl (C=S) groups is 1. The number of fused-ring (bicyclic) bond motifs is 2. The lowest BCUT2D eigenvalue weighted by molar-refractivity contribution is -0.126. The fourth-order valence-electron chi connectivity index (χ4n) is 6.12. The molecule has 1 N–H and O–H groups in total. The second kappa shape index (κ2) is 8.08. The Balaban J connectivity index is 1.65. The molecule has 3 aromatic rings. The molecule has 1 saturated heterocycles. The predicted octanol–water partition coefficient (Wildman–Crippen LogP) is 5.13. The first kappa shape index (κ1) is 23.1. The van der Waals surface area contributed by atoms with Crippen LogP contribution in [0.15, 0.2) is 88.4 Å². The lowest BCUT2D eigenvalue weighted by atomic mass is 9.62. The molecule has 180 valence electrons. The number of hydrogen-bond donors (Lipinski definition) is 1. The summed E-state index contributed by atoms with van der Waals surface area (Å²) in [7, 11) is 0. The average molecular weight is 559 g/mol. The Morgan fingerprint density at radius 1 is 1.00 bits per heavy atom. The van der Waals surface area contributed by atoms with E-state index in [0.29, 0.717) is 22.9 Å². The van der Waals surface area contributed by atoms with Gasteiger partial charge in [-0.05, 0) is 49.7 Å². The summed E-state index contributed by atoms with van der Waals surface area (Å²) in [6.45, 7) is 4.29. The number of anilines is 2. The summed E-state index contributed by atoms with van der Waals surface area (Å²) in [6.07, 6.45) is 0. The number of nitrogens with one attached hydrogen (secondary N) is 1. The Labute approximate surface area is 223 Å². The maximum Gasteiger partial charge on any atom is 0.267 e. The molecule has 1 fully saturated rings. The van der Waals surface area contributed by atoms with E-state index in [1.165, 1.54) is 5.01 Å². The largest absolute Gasteiger partial charge is 0.360 e. The highest BCUT2D eigenvalue weighted by Gasteiger charge is 2.74. The first-order valence-electron chi connectivity index (χ1n) is 11.8. The minimum absolute atomic E-state index is 0.117. The van der Waals surface area contributed by atoms with Crippen molar-refractivity contribution < 1.29 is 9.59 Å². The molecule has 0 aliphatic carbocycles. The van der Waals surface area contributed by atoms with Crippen LogP contribution in [-0.2, 0) is 15.1 Å². The molecule has 0 aromatic heterocycles. The predicted molar refractivity (Wildman–Crippen MR) is 148 cm³/mol. The molecular formula is C28H23BrN4O2S. The number of hydrogen-bond acceptors (Lipinski definition) is 4. The molecule has 8 heteroatoms. The standard InChI is InChI=1S/C28H23BrN4O2S/c1-3-32-22-15-8-7-14-21(22)28(26(32)35)23(18-10-9-11-19(29)16-18)27(24(36)30-28)17(2)31-33(25(27)34)20-12-5-4-6-13-20/h4-16,23H,3H2,1-2H3,(H,30,36)/t23-,27-,28+/m1/s1. The molecule has 3 aromatic carbocycles. The molecule has 6 rings (SSSR count). The number of carbonyl (C=O) groups excluding carboxylic acids is 2. The van der Waals surface area contributed by atoms with Gasteiger partial charge in [0.25, 0.3) is 11.8 Å². The van der Waals surface area contributed by atoms with E-state index in [9.17, 15) is 9.59 Å². The number of para-hydroxylation sites is 2. The van der Waals surface area contributed by atoms with Gasteiger partial charge in [0.1, 0.15) is 0 Å². The second-order valence-electron chi connectivity index (χ2n) is 9.26. The van der Waals surface area contributed by atoms with Gasteiger partial charge in [-0.2, -0.15) is 10.1 Å². The molecule has 0 saturated carbocycles. The third kappa shape index (κ3) is 2.77. The number of amides is 2. The fourth-order valence-corrected chi connectivity index (χ4v) is 7.05. The number of carbonyl (C=O) groups is 2. The monoisotopic (exact) mass is 558 g/mol. The van der Waals surface area contributed by atoms with Gasteiger partial charge in [-0.25, -0.2) is 0 Å². The van der Waals surface area contributed by atoms with Crippen molar-refractivity contribution in [2.75, 3.05) is 16.5 Å². The van der Waals surface area contributed by atoms with Gasteiger partial charge in [-0.15, -0.1) is 0 Å². The zero-order chi connectivity index (χ0) is 25.2. The van der Waals surface area contributed by atoms with Crippen molar-refractivity contribution in [1.82, 2.24) is 5.32 Å². The van der Waals surface area contributed by atoms with Crippen molar-refractivity contribution in [2.24, 2.45) is 10.5 Å². The quantitative estimate of drug-likeness (QED) is 0.452. The van der Waals surface area contributed by atoms with E-state index in [1.807, 2.05) is 92.7 Å². The second-order valence-corrected chi connectivity index (χ2v) is 10.6. The Hall–Kier alpha value is -3.36. The van der Waals surface area contributed by atoms with Gasteiger partial charge in [0.15, 0.2) is 11.0 Å². The number of likely N-dealkylation sites (N-methyl/N-ethyl adjacent to an activating group) is 1. The van der Waals surface area contributed by atoms with Crippen molar-refractivity contribution >= 4 is 62.0 Å². The van der Waals surface area contributed by atoms with E-state index >= 15 is 0 Å². The SMILES string of the molecule is CCN1C(=O)[C@]2(NC(=S)[C@]3(C(=O)N(c4ccccc4)N=C3C)[C@H]2c2cccc(Br)c2)c2ccccc21. The van der Waals surface area contributed by atoms with Crippen molar-refractivity contribution in [3.8, 4) is 0 Å². The van der Waals surface area contributed by atoms with E-state index < -0.39 is 16.9 Å². The lowest BCUT2D eigenvalue weighted by Crippen LogP contribution is -2.52. The summed E-state index contributed by atoms with van der Waals surface area (Å²) < 4.78 is 0.856. The molecule has 36 heavy (non-hydrogen) atoms. The van der Waals surface area contributed by atoms with Gasteiger partial charge in [-0.1, -0.05) is 76.7 Å². The van der Waals surface area contributed by atoms with Crippen LogP contribution < -0.4 is 15.2 Å². The molecule has 2 amide bonds. The molecular weight excluding hydrogens is 536 g/mol. The summed E-state index contributed by atoms with van der Waals surface area (Å²) in [4.78, 5) is 30.9.